The van der Waals surface area contributed by atoms with E-state index < -0.39 is 0 Å². The Kier molecular flexibility index (Phi) is 5.57. The summed E-state index contributed by atoms with van der Waals surface area (Å²) in [6, 6.07) is 12.1. The summed E-state index contributed by atoms with van der Waals surface area (Å²) in [5.41, 5.74) is 2.64. The minimum atomic E-state index is -0.287. The monoisotopic (exact) mass is 448 g/mol. The van der Waals surface area contributed by atoms with Gasteiger partial charge in [0, 0.05) is 23.9 Å². The molecule has 1 amide bonds. The van der Waals surface area contributed by atoms with Crippen molar-refractivity contribution in [2.24, 2.45) is 0 Å². The van der Waals surface area contributed by atoms with Gasteiger partial charge in [-0.05, 0) is 36.8 Å². The van der Waals surface area contributed by atoms with Crippen LogP contribution in [0.2, 0.25) is 0 Å². The molecule has 9 heteroatoms. The number of hydrogen-bond acceptors (Lipinski definition) is 6. The Hall–Kier alpha value is -3.33. The van der Waals surface area contributed by atoms with Crippen molar-refractivity contribution in [1.29, 1.82) is 0 Å². The van der Waals surface area contributed by atoms with Crippen molar-refractivity contribution >= 4 is 28.4 Å². The number of carbonyl (C=O) groups is 1. The number of amides is 1. The Morgan fingerprint density at radius 3 is 2.88 bits per heavy atom. The van der Waals surface area contributed by atoms with Crippen LogP contribution < -0.4 is 5.56 Å². The highest BCUT2D eigenvalue weighted by molar-refractivity contribution is 7.09. The molecule has 0 bridgehead atoms. The molecule has 3 aromatic heterocycles. The molecular formula is C23H24N6O2S. The molecular weight excluding hydrogens is 424 g/mol. The zero-order valence-corrected chi connectivity index (χ0v) is 18.6. The molecule has 4 aromatic rings. The Morgan fingerprint density at radius 2 is 2.09 bits per heavy atom. The summed E-state index contributed by atoms with van der Waals surface area (Å²) >= 11 is 1.62. The number of aryl methyl sites for hydroxylation is 1. The average Bonchev–Trinajstić information content (AvgIpc) is 3.46. The van der Waals surface area contributed by atoms with Crippen LogP contribution >= 0.6 is 11.3 Å². The molecule has 5 rings (SSSR count). The number of likely N-dealkylation sites (tertiary alicyclic amines) is 1. The first-order valence-corrected chi connectivity index (χ1v) is 11.6. The van der Waals surface area contributed by atoms with Crippen LogP contribution in [0.1, 0.15) is 40.6 Å². The Labute approximate surface area is 188 Å². The van der Waals surface area contributed by atoms with Crippen molar-refractivity contribution in [3.63, 3.8) is 0 Å². The van der Waals surface area contributed by atoms with Gasteiger partial charge in [0.1, 0.15) is 5.82 Å². The predicted molar refractivity (Wildman–Crippen MR) is 123 cm³/mol. The number of carbonyl (C=O) groups excluding carboxylic acids is 1. The summed E-state index contributed by atoms with van der Waals surface area (Å²) < 4.78 is 1.67. The van der Waals surface area contributed by atoms with Gasteiger partial charge in [0.05, 0.1) is 13.0 Å². The van der Waals surface area contributed by atoms with Crippen molar-refractivity contribution in [3.05, 3.63) is 74.0 Å². The van der Waals surface area contributed by atoms with E-state index in [-0.39, 0.29) is 22.9 Å². The SMILES string of the molecule is Cc1ccc(CC(=O)N2CCCC(c3nc4c(nnn4Cc4cccs4)c(=O)[nH]3)C2)cc1. The molecule has 1 aromatic carbocycles. The van der Waals surface area contributed by atoms with Gasteiger partial charge in [-0.2, -0.15) is 0 Å². The van der Waals surface area contributed by atoms with Crippen LogP contribution in [-0.2, 0) is 17.8 Å². The fraction of sp³-hybridized carbons (Fsp3) is 0.348. The number of nitrogens with one attached hydrogen (secondary N) is 1. The number of aromatic nitrogens is 5. The molecule has 1 N–H and O–H groups in total. The zero-order chi connectivity index (χ0) is 22.1. The van der Waals surface area contributed by atoms with E-state index in [2.05, 4.69) is 15.3 Å². The fourth-order valence-corrected chi connectivity index (χ4v) is 4.84. The highest BCUT2D eigenvalue weighted by Crippen LogP contribution is 2.25. The normalized spacial score (nSPS) is 16.5. The number of rotatable bonds is 5. The summed E-state index contributed by atoms with van der Waals surface area (Å²) in [4.78, 5) is 36.2. The molecule has 0 radical (unpaired) electrons. The minimum absolute atomic E-state index is 0.0205. The number of nitrogens with zero attached hydrogens (tertiary/aromatic N) is 5. The molecule has 4 heterocycles. The van der Waals surface area contributed by atoms with Gasteiger partial charge in [-0.1, -0.05) is 41.1 Å². The van der Waals surface area contributed by atoms with E-state index in [1.165, 1.54) is 5.56 Å². The predicted octanol–water partition coefficient (Wildman–Crippen LogP) is 2.88. The van der Waals surface area contributed by atoms with E-state index in [0.717, 1.165) is 29.8 Å². The first-order valence-electron chi connectivity index (χ1n) is 10.8. The lowest BCUT2D eigenvalue weighted by Gasteiger charge is -2.32. The topological polar surface area (TPSA) is 96.8 Å². The lowest BCUT2D eigenvalue weighted by molar-refractivity contribution is -0.131. The molecule has 8 nitrogen and oxygen atoms in total. The molecule has 1 unspecified atom stereocenters. The summed E-state index contributed by atoms with van der Waals surface area (Å²) in [6.07, 6.45) is 2.13. The molecule has 164 valence electrons. The first kappa shape index (κ1) is 20.6. The number of fused-ring (bicyclic) bond motifs is 1. The standard InChI is InChI=1S/C23H24N6O2S/c1-15-6-8-16(9-7-15)12-19(30)28-10-2-4-17(13-28)21-24-22-20(23(31)25-21)26-27-29(22)14-18-5-3-11-32-18/h3,5-9,11,17H,2,4,10,12-14H2,1H3,(H,24,25,31). The van der Waals surface area contributed by atoms with Crippen molar-refractivity contribution in [1.82, 2.24) is 29.9 Å². The van der Waals surface area contributed by atoms with Crippen LogP contribution in [0.4, 0.5) is 0 Å². The Morgan fingerprint density at radius 1 is 1.25 bits per heavy atom. The molecule has 0 saturated carbocycles. The summed E-state index contributed by atoms with van der Waals surface area (Å²) in [7, 11) is 0. The largest absolute Gasteiger partial charge is 0.342 e. The molecule has 1 saturated heterocycles. The molecule has 1 fully saturated rings. The second-order valence-corrected chi connectivity index (χ2v) is 9.32. The van der Waals surface area contributed by atoms with Crippen LogP contribution in [0.25, 0.3) is 11.2 Å². The van der Waals surface area contributed by atoms with Gasteiger partial charge in [-0.3, -0.25) is 9.59 Å². The van der Waals surface area contributed by atoms with Crippen molar-refractivity contribution in [2.45, 2.75) is 38.6 Å². The van der Waals surface area contributed by atoms with E-state index >= 15 is 0 Å². The highest BCUT2D eigenvalue weighted by Gasteiger charge is 2.27. The maximum absolute atomic E-state index is 12.9. The zero-order valence-electron chi connectivity index (χ0n) is 17.8. The fourth-order valence-electron chi connectivity index (χ4n) is 4.15. The number of piperidine rings is 1. The lowest BCUT2D eigenvalue weighted by Crippen LogP contribution is -2.40. The van der Waals surface area contributed by atoms with Gasteiger partial charge >= 0.3 is 0 Å². The number of thiophene rings is 1. The molecule has 0 aliphatic carbocycles. The first-order chi connectivity index (χ1) is 15.6. The Bertz CT molecular complexity index is 1290. The smallest absolute Gasteiger partial charge is 0.281 e. The van der Waals surface area contributed by atoms with Crippen LogP contribution in [0, 0.1) is 6.92 Å². The average molecular weight is 449 g/mol. The van der Waals surface area contributed by atoms with Gasteiger partial charge in [0.25, 0.3) is 5.56 Å². The van der Waals surface area contributed by atoms with E-state index in [9.17, 15) is 9.59 Å². The number of benzene rings is 1. The van der Waals surface area contributed by atoms with E-state index in [4.69, 9.17) is 4.98 Å². The molecule has 32 heavy (non-hydrogen) atoms. The van der Waals surface area contributed by atoms with Gasteiger partial charge < -0.3 is 9.88 Å². The third kappa shape index (κ3) is 4.20. The Balaban J connectivity index is 1.36. The maximum atomic E-state index is 12.9. The number of H-pyrrole nitrogens is 1. The quantitative estimate of drug-likeness (QED) is 0.506. The van der Waals surface area contributed by atoms with E-state index in [0.29, 0.717) is 31.0 Å². The minimum Gasteiger partial charge on any atom is -0.342 e. The third-order valence-corrected chi connectivity index (χ3v) is 6.78. The molecule has 0 spiro atoms. The number of aromatic amines is 1. The summed E-state index contributed by atoms with van der Waals surface area (Å²) in [5, 5.41) is 10.2. The maximum Gasteiger partial charge on any atom is 0.281 e. The van der Waals surface area contributed by atoms with Crippen LogP contribution in [0.15, 0.2) is 46.6 Å². The van der Waals surface area contributed by atoms with E-state index in [1.54, 1.807) is 16.0 Å². The van der Waals surface area contributed by atoms with Crippen molar-refractivity contribution < 1.29 is 4.79 Å². The van der Waals surface area contributed by atoms with Gasteiger partial charge in [0.2, 0.25) is 5.91 Å². The van der Waals surface area contributed by atoms with Crippen LogP contribution in [0.3, 0.4) is 0 Å². The highest BCUT2D eigenvalue weighted by atomic mass is 32.1. The van der Waals surface area contributed by atoms with Crippen LogP contribution in [-0.4, -0.2) is 48.9 Å². The molecule has 1 aliphatic rings. The van der Waals surface area contributed by atoms with Gasteiger partial charge in [-0.15, -0.1) is 16.4 Å². The summed E-state index contributed by atoms with van der Waals surface area (Å²) in [6.45, 7) is 3.83. The lowest BCUT2D eigenvalue weighted by atomic mass is 9.96. The molecule has 1 atom stereocenters. The second kappa shape index (κ2) is 8.66. The van der Waals surface area contributed by atoms with Crippen molar-refractivity contribution in [2.75, 3.05) is 13.1 Å². The third-order valence-electron chi connectivity index (χ3n) is 5.91. The van der Waals surface area contributed by atoms with Gasteiger partial charge in [0.15, 0.2) is 11.2 Å². The summed E-state index contributed by atoms with van der Waals surface area (Å²) in [5.74, 6) is 0.685. The van der Waals surface area contributed by atoms with Crippen molar-refractivity contribution in [3.8, 4) is 0 Å². The second-order valence-electron chi connectivity index (χ2n) is 8.29. The van der Waals surface area contributed by atoms with Gasteiger partial charge in [-0.25, -0.2) is 9.67 Å². The number of hydrogen-bond donors (Lipinski definition) is 1. The van der Waals surface area contributed by atoms with Crippen LogP contribution in [0.5, 0.6) is 0 Å². The molecule has 1 aliphatic heterocycles. The van der Waals surface area contributed by atoms with E-state index in [1.807, 2.05) is 53.6 Å².